The van der Waals surface area contributed by atoms with Crippen molar-refractivity contribution in [2.45, 2.75) is 39.8 Å². The Hall–Kier alpha value is -3.21. The molecule has 28 heavy (non-hydrogen) atoms. The molecular formula is C23H24N4O. The van der Waals surface area contributed by atoms with Crippen molar-refractivity contribution in [1.82, 2.24) is 9.97 Å². The molecule has 1 aliphatic rings. The molecule has 0 bridgehead atoms. The lowest BCUT2D eigenvalue weighted by Crippen LogP contribution is -2.36. The molecule has 1 atom stereocenters. The maximum absolute atomic E-state index is 13.3. The van der Waals surface area contributed by atoms with Crippen LogP contribution in [-0.2, 0) is 13.0 Å². The predicted molar refractivity (Wildman–Crippen MR) is 112 cm³/mol. The SMILES string of the molecule is Cc1cc(C(=O)N2c3ccccc3CC2C)nc(NCc2ccccc2C)n1. The first-order valence-corrected chi connectivity index (χ1v) is 9.58. The fraction of sp³-hybridized carbons (Fsp3) is 0.261. The Kier molecular flexibility index (Phi) is 4.82. The molecule has 2 heterocycles. The standard InChI is InChI=1S/C23H24N4O/c1-15-8-4-5-10-19(15)14-24-23-25-16(2)12-20(26-23)22(28)27-17(3)13-18-9-6-7-11-21(18)27/h4-12,17H,13-14H2,1-3H3,(H,24,25,26). The first kappa shape index (κ1) is 18.2. The Morgan fingerprint density at radius 3 is 2.68 bits per heavy atom. The highest BCUT2D eigenvalue weighted by atomic mass is 16.2. The molecule has 1 aromatic heterocycles. The molecular weight excluding hydrogens is 348 g/mol. The van der Waals surface area contributed by atoms with Crippen LogP contribution in [0.1, 0.15) is 39.8 Å². The molecule has 0 radical (unpaired) electrons. The van der Waals surface area contributed by atoms with Crippen LogP contribution in [0.3, 0.4) is 0 Å². The van der Waals surface area contributed by atoms with E-state index in [0.29, 0.717) is 18.2 Å². The molecule has 5 nitrogen and oxygen atoms in total. The van der Waals surface area contributed by atoms with Gasteiger partial charge in [0.05, 0.1) is 0 Å². The molecule has 0 spiro atoms. The van der Waals surface area contributed by atoms with Gasteiger partial charge in [-0.2, -0.15) is 0 Å². The van der Waals surface area contributed by atoms with E-state index < -0.39 is 0 Å². The van der Waals surface area contributed by atoms with Crippen LogP contribution in [0.15, 0.2) is 54.6 Å². The molecule has 1 aliphatic heterocycles. The zero-order valence-corrected chi connectivity index (χ0v) is 16.4. The Balaban J connectivity index is 1.59. The third kappa shape index (κ3) is 3.48. The Labute approximate surface area is 165 Å². The number of nitrogens with one attached hydrogen (secondary N) is 1. The molecule has 0 fully saturated rings. The first-order valence-electron chi connectivity index (χ1n) is 9.58. The lowest BCUT2D eigenvalue weighted by atomic mass is 10.1. The molecule has 1 N–H and O–H groups in total. The minimum Gasteiger partial charge on any atom is -0.350 e. The van der Waals surface area contributed by atoms with E-state index in [4.69, 9.17) is 0 Å². The second-order valence-corrected chi connectivity index (χ2v) is 7.36. The summed E-state index contributed by atoms with van der Waals surface area (Å²) in [6.07, 6.45) is 0.865. The molecule has 1 amide bonds. The summed E-state index contributed by atoms with van der Waals surface area (Å²) in [5.74, 6) is 0.397. The summed E-state index contributed by atoms with van der Waals surface area (Å²) >= 11 is 0. The van der Waals surface area contributed by atoms with Crippen LogP contribution in [0.5, 0.6) is 0 Å². The summed E-state index contributed by atoms with van der Waals surface area (Å²) in [6, 6.07) is 18.1. The average molecular weight is 372 g/mol. The van der Waals surface area contributed by atoms with E-state index in [1.165, 1.54) is 16.7 Å². The lowest BCUT2D eigenvalue weighted by molar-refractivity contribution is 0.0976. The van der Waals surface area contributed by atoms with Gasteiger partial charge in [0.25, 0.3) is 5.91 Å². The van der Waals surface area contributed by atoms with Crippen molar-refractivity contribution < 1.29 is 4.79 Å². The third-order valence-corrected chi connectivity index (χ3v) is 5.20. The van der Waals surface area contributed by atoms with Gasteiger partial charge in [-0.15, -0.1) is 0 Å². The van der Waals surface area contributed by atoms with Gasteiger partial charge in [-0.05, 0) is 56.0 Å². The maximum Gasteiger partial charge on any atom is 0.277 e. The average Bonchev–Trinajstić information content (AvgIpc) is 3.02. The zero-order chi connectivity index (χ0) is 19.7. The highest BCUT2D eigenvalue weighted by Crippen LogP contribution is 2.32. The van der Waals surface area contributed by atoms with Crippen LogP contribution >= 0.6 is 0 Å². The molecule has 1 unspecified atom stereocenters. The number of hydrogen-bond donors (Lipinski definition) is 1. The van der Waals surface area contributed by atoms with Gasteiger partial charge in [-0.1, -0.05) is 42.5 Å². The van der Waals surface area contributed by atoms with Crippen molar-refractivity contribution in [3.63, 3.8) is 0 Å². The fourth-order valence-corrected chi connectivity index (χ4v) is 3.74. The number of amides is 1. The molecule has 0 saturated carbocycles. The largest absolute Gasteiger partial charge is 0.350 e. The van der Waals surface area contributed by atoms with Gasteiger partial charge in [0.1, 0.15) is 5.69 Å². The van der Waals surface area contributed by atoms with E-state index in [0.717, 1.165) is 17.8 Å². The third-order valence-electron chi connectivity index (χ3n) is 5.20. The van der Waals surface area contributed by atoms with Crippen LogP contribution in [0.2, 0.25) is 0 Å². The molecule has 0 aliphatic carbocycles. The van der Waals surface area contributed by atoms with Gasteiger partial charge in [-0.25, -0.2) is 9.97 Å². The summed E-state index contributed by atoms with van der Waals surface area (Å²) in [5, 5.41) is 3.27. The van der Waals surface area contributed by atoms with Crippen molar-refractivity contribution in [3.05, 3.63) is 82.7 Å². The predicted octanol–water partition coefficient (Wildman–Crippen LogP) is 4.30. The maximum atomic E-state index is 13.3. The zero-order valence-electron chi connectivity index (χ0n) is 16.4. The van der Waals surface area contributed by atoms with E-state index in [2.05, 4.69) is 47.3 Å². The number of carbonyl (C=O) groups is 1. The van der Waals surface area contributed by atoms with Crippen LogP contribution in [0.25, 0.3) is 0 Å². The Morgan fingerprint density at radius 1 is 1.11 bits per heavy atom. The highest BCUT2D eigenvalue weighted by molar-refractivity contribution is 6.06. The van der Waals surface area contributed by atoms with E-state index in [9.17, 15) is 4.79 Å². The molecule has 3 aromatic rings. The highest BCUT2D eigenvalue weighted by Gasteiger charge is 2.32. The topological polar surface area (TPSA) is 58.1 Å². The van der Waals surface area contributed by atoms with Crippen molar-refractivity contribution >= 4 is 17.5 Å². The Morgan fingerprint density at radius 2 is 1.86 bits per heavy atom. The van der Waals surface area contributed by atoms with Crippen LogP contribution in [0.4, 0.5) is 11.6 Å². The van der Waals surface area contributed by atoms with Gasteiger partial charge in [0, 0.05) is 24.0 Å². The Bertz CT molecular complexity index is 1030. The van der Waals surface area contributed by atoms with E-state index in [-0.39, 0.29) is 11.9 Å². The molecule has 2 aromatic carbocycles. The van der Waals surface area contributed by atoms with Gasteiger partial charge in [-0.3, -0.25) is 4.79 Å². The molecule has 5 heteroatoms. The van der Waals surface area contributed by atoms with E-state index in [1.807, 2.05) is 42.2 Å². The van der Waals surface area contributed by atoms with Gasteiger partial charge < -0.3 is 10.2 Å². The molecule has 4 rings (SSSR count). The minimum atomic E-state index is -0.0816. The second-order valence-electron chi connectivity index (χ2n) is 7.36. The van der Waals surface area contributed by atoms with Crippen molar-refractivity contribution in [2.24, 2.45) is 0 Å². The summed E-state index contributed by atoms with van der Waals surface area (Å²) in [6.45, 7) is 6.66. The number of benzene rings is 2. The number of para-hydroxylation sites is 1. The minimum absolute atomic E-state index is 0.0816. The van der Waals surface area contributed by atoms with E-state index >= 15 is 0 Å². The number of fused-ring (bicyclic) bond motifs is 1. The second kappa shape index (κ2) is 7.43. The van der Waals surface area contributed by atoms with E-state index in [1.54, 1.807) is 6.07 Å². The van der Waals surface area contributed by atoms with Crippen LogP contribution in [-0.4, -0.2) is 21.9 Å². The quantitative estimate of drug-likeness (QED) is 0.742. The number of rotatable bonds is 4. The van der Waals surface area contributed by atoms with Crippen LogP contribution in [0, 0.1) is 13.8 Å². The number of aryl methyl sites for hydroxylation is 2. The fourth-order valence-electron chi connectivity index (χ4n) is 3.74. The van der Waals surface area contributed by atoms with Gasteiger partial charge >= 0.3 is 0 Å². The summed E-state index contributed by atoms with van der Waals surface area (Å²) in [5.41, 5.74) is 5.76. The van der Waals surface area contributed by atoms with Crippen molar-refractivity contribution in [2.75, 3.05) is 10.2 Å². The molecule has 142 valence electrons. The molecule has 0 saturated heterocycles. The summed E-state index contributed by atoms with van der Waals surface area (Å²) < 4.78 is 0. The van der Waals surface area contributed by atoms with Gasteiger partial charge in [0.2, 0.25) is 5.95 Å². The number of hydrogen-bond acceptors (Lipinski definition) is 4. The van der Waals surface area contributed by atoms with Crippen molar-refractivity contribution in [1.29, 1.82) is 0 Å². The number of anilines is 2. The van der Waals surface area contributed by atoms with Crippen LogP contribution < -0.4 is 10.2 Å². The number of nitrogens with zero attached hydrogens (tertiary/aromatic N) is 3. The summed E-state index contributed by atoms with van der Waals surface area (Å²) in [4.78, 5) is 24.1. The lowest BCUT2D eigenvalue weighted by Gasteiger charge is -2.22. The van der Waals surface area contributed by atoms with Crippen molar-refractivity contribution in [3.8, 4) is 0 Å². The number of carbonyl (C=O) groups excluding carboxylic acids is 1. The first-order chi connectivity index (χ1) is 13.5. The number of aromatic nitrogens is 2. The smallest absolute Gasteiger partial charge is 0.277 e. The summed E-state index contributed by atoms with van der Waals surface area (Å²) in [7, 11) is 0. The van der Waals surface area contributed by atoms with Gasteiger partial charge in [0.15, 0.2) is 0 Å². The normalized spacial score (nSPS) is 15.4. The monoisotopic (exact) mass is 372 g/mol.